The van der Waals surface area contributed by atoms with Gasteiger partial charge in [0, 0.05) is 32.4 Å². The number of guanidine groups is 1. The van der Waals surface area contributed by atoms with Crippen molar-refractivity contribution in [2.45, 2.75) is 19.9 Å². The fourth-order valence-corrected chi connectivity index (χ4v) is 2.33. The van der Waals surface area contributed by atoms with Gasteiger partial charge in [0.25, 0.3) is 0 Å². The van der Waals surface area contributed by atoms with Crippen LogP contribution in [0.1, 0.15) is 19.0 Å². The van der Waals surface area contributed by atoms with Gasteiger partial charge in [-0.25, -0.2) is 4.99 Å². The monoisotopic (exact) mass is 305 g/mol. The van der Waals surface area contributed by atoms with Gasteiger partial charge in [-0.3, -0.25) is 9.88 Å². The molecular weight excluding hydrogens is 278 g/mol. The van der Waals surface area contributed by atoms with Crippen molar-refractivity contribution in [3.63, 3.8) is 0 Å². The zero-order chi connectivity index (χ0) is 15.5. The Labute approximate surface area is 133 Å². The number of pyridine rings is 1. The van der Waals surface area contributed by atoms with E-state index in [4.69, 9.17) is 4.74 Å². The third kappa shape index (κ3) is 6.41. The van der Waals surface area contributed by atoms with Gasteiger partial charge in [0.2, 0.25) is 0 Å². The first kappa shape index (κ1) is 16.7. The van der Waals surface area contributed by atoms with E-state index in [1.165, 1.54) is 0 Å². The number of nitrogens with one attached hydrogen (secondary N) is 2. The molecule has 6 nitrogen and oxygen atoms in total. The Morgan fingerprint density at radius 2 is 2.18 bits per heavy atom. The normalized spacial score (nSPS) is 16.5. The minimum atomic E-state index is 0.597. The first-order chi connectivity index (χ1) is 10.9. The van der Waals surface area contributed by atoms with Crippen LogP contribution in [0, 0.1) is 0 Å². The van der Waals surface area contributed by atoms with Gasteiger partial charge >= 0.3 is 0 Å². The minimum absolute atomic E-state index is 0.597. The molecule has 1 aliphatic rings. The predicted octanol–water partition coefficient (Wildman–Crippen LogP) is 0.859. The Hall–Kier alpha value is -1.66. The highest BCUT2D eigenvalue weighted by atomic mass is 16.5. The lowest BCUT2D eigenvalue weighted by Gasteiger charge is -2.26. The van der Waals surface area contributed by atoms with E-state index in [9.17, 15) is 0 Å². The summed E-state index contributed by atoms with van der Waals surface area (Å²) in [6.45, 7) is 9.38. The maximum Gasteiger partial charge on any atom is 0.191 e. The molecule has 0 aliphatic carbocycles. The van der Waals surface area contributed by atoms with Gasteiger partial charge in [0.05, 0.1) is 25.5 Å². The molecule has 122 valence electrons. The van der Waals surface area contributed by atoms with Gasteiger partial charge in [-0.2, -0.15) is 0 Å². The number of morpholine rings is 1. The van der Waals surface area contributed by atoms with E-state index in [2.05, 4.69) is 32.4 Å². The van der Waals surface area contributed by atoms with Gasteiger partial charge in [0.15, 0.2) is 5.96 Å². The topological polar surface area (TPSA) is 61.8 Å². The molecule has 0 saturated carbocycles. The lowest BCUT2D eigenvalue weighted by molar-refractivity contribution is 0.0376. The maximum atomic E-state index is 5.36. The average Bonchev–Trinajstić information content (AvgIpc) is 2.58. The zero-order valence-electron chi connectivity index (χ0n) is 13.4. The summed E-state index contributed by atoms with van der Waals surface area (Å²) in [5.41, 5.74) is 0.980. The van der Waals surface area contributed by atoms with Crippen LogP contribution in [0.5, 0.6) is 0 Å². The van der Waals surface area contributed by atoms with Crippen LogP contribution in [-0.4, -0.2) is 61.8 Å². The molecule has 1 aromatic rings. The van der Waals surface area contributed by atoms with E-state index in [1.807, 2.05) is 18.2 Å². The standard InChI is InChI=1S/C16H27N5O/c1-2-17-16(20-14-15-6-3-4-7-18-15)19-8-5-9-21-10-12-22-13-11-21/h3-4,6-7H,2,5,8-14H2,1H3,(H2,17,19,20). The van der Waals surface area contributed by atoms with Crippen molar-refractivity contribution in [2.24, 2.45) is 4.99 Å². The van der Waals surface area contributed by atoms with Gasteiger partial charge < -0.3 is 15.4 Å². The van der Waals surface area contributed by atoms with E-state index in [1.54, 1.807) is 6.20 Å². The van der Waals surface area contributed by atoms with Crippen LogP contribution in [0.15, 0.2) is 29.4 Å². The fourth-order valence-electron chi connectivity index (χ4n) is 2.33. The second-order valence-electron chi connectivity index (χ2n) is 5.25. The van der Waals surface area contributed by atoms with E-state index in [-0.39, 0.29) is 0 Å². The van der Waals surface area contributed by atoms with Gasteiger partial charge in [-0.1, -0.05) is 6.07 Å². The number of aromatic nitrogens is 1. The Morgan fingerprint density at radius 1 is 1.32 bits per heavy atom. The second kappa shape index (κ2) is 10.1. The first-order valence-corrected chi connectivity index (χ1v) is 8.10. The molecule has 1 fully saturated rings. The minimum Gasteiger partial charge on any atom is -0.379 e. The largest absolute Gasteiger partial charge is 0.379 e. The van der Waals surface area contributed by atoms with Crippen molar-refractivity contribution in [2.75, 3.05) is 45.9 Å². The summed E-state index contributed by atoms with van der Waals surface area (Å²) >= 11 is 0. The molecule has 1 aliphatic heterocycles. The predicted molar refractivity (Wildman–Crippen MR) is 88.9 cm³/mol. The lowest BCUT2D eigenvalue weighted by Crippen LogP contribution is -2.40. The van der Waals surface area contributed by atoms with Crippen LogP contribution in [0.2, 0.25) is 0 Å². The van der Waals surface area contributed by atoms with Crippen LogP contribution in [0.3, 0.4) is 0 Å². The number of nitrogens with zero attached hydrogens (tertiary/aromatic N) is 3. The summed E-state index contributed by atoms with van der Waals surface area (Å²) in [6.07, 6.45) is 2.90. The molecule has 0 aromatic carbocycles. The molecule has 2 heterocycles. The number of aliphatic imine (C=N–C) groups is 1. The summed E-state index contributed by atoms with van der Waals surface area (Å²) in [5.74, 6) is 0.857. The molecule has 1 saturated heterocycles. The second-order valence-corrected chi connectivity index (χ2v) is 5.25. The van der Waals surface area contributed by atoms with Crippen molar-refractivity contribution in [3.05, 3.63) is 30.1 Å². The van der Waals surface area contributed by atoms with Gasteiger partial charge in [-0.15, -0.1) is 0 Å². The third-order valence-electron chi connectivity index (χ3n) is 3.52. The highest BCUT2D eigenvalue weighted by molar-refractivity contribution is 5.79. The summed E-state index contributed by atoms with van der Waals surface area (Å²) in [7, 11) is 0. The van der Waals surface area contributed by atoms with E-state index < -0.39 is 0 Å². The van der Waals surface area contributed by atoms with Crippen molar-refractivity contribution >= 4 is 5.96 Å². The molecule has 0 atom stereocenters. The Bertz CT molecular complexity index is 431. The summed E-state index contributed by atoms with van der Waals surface area (Å²) in [6, 6.07) is 5.90. The molecule has 0 radical (unpaired) electrons. The third-order valence-corrected chi connectivity index (χ3v) is 3.52. The van der Waals surface area contributed by atoms with Gasteiger partial charge in [-0.05, 0) is 32.0 Å². The lowest BCUT2D eigenvalue weighted by atomic mass is 10.3. The van der Waals surface area contributed by atoms with E-state index >= 15 is 0 Å². The van der Waals surface area contributed by atoms with Crippen LogP contribution in [0.4, 0.5) is 0 Å². The zero-order valence-corrected chi connectivity index (χ0v) is 13.4. The molecule has 0 amide bonds. The summed E-state index contributed by atoms with van der Waals surface area (Å²) in [5, 5.41) is 6.65. The quantitative estimate of drug-likeness (QED) is 0.444. The number of rotatable bonds is 7. The van der Waals surface area contributed by atoms with E-state index in [0.717, 1.165) is 64.0 Å². The molecule has 2 N–H and O–H groups in total. The Balaban J connectivity index is 1.69. The molecule has 0 bridgehead atoms. The summed E-state index contributed by atoms with van der Waals surface area (Å²) < 4.78 is 5.36. The molecule has 6 heteroatoms. The van der Waals surface area contributed by atoms with Crippen LogP contribution in [-0.2, 0) is 11.3 Å². The highest BCUT2D eigenvalue weighted by Gasteiger charge is 2.09. The first-order valence-electron chi connectivity index (χ1n) is 8.10. The number of ether oxygens (including phenoxy) is 1. The average molecular weight is 305 g/mol. The SMILES string of the molecule is CCNC(=NCc1ccccn1)NCCCN1CCOCC1. The van der Waals surface area contributed by atoms with Gasteiger partial charge in [0.1, 0.15) is 0 Å². The molecule has 2 rings (SSSR count). The fraction of sp³-hybridized carbons (Fsp3) is 0.625. The number of hydrogen-bond donors (Lipinski definition) is 2. The van der Waals surface area contributed by atoms with E-state index in [0.29, 0.717) is 6.54 Å². The molecule has 1 aromatic heterocycles. The molecule has 0 spiro atoms. The molecule has 0 unspecified atom stereocenters. The van der Waals surface area contributed by atoms with Crippen molar-refractivity contribution in [1.29, 1.82) is 0 Å². The van der Waals surface area contributed by atoms with Crippen molar-refractivity contribution in [3.8, 4) is 0 Å². The van der Waals surface area contributed by atoms with Crippen LogP contribution in [0.25, 0.3) is 0 Å². The summed E-state index contributed by atoms with van der Waals surface area (Å²) in [4.78, 5) is 11.3. The van der Waals surface area contributed by atoms with Crippen molar-refractivity contribution in [1.82, 2.24) is 20.5 Å². The number of hydrogen-bond acceptors (Lipinski definition) is 4. The smallest absolute Gasteiger partial charge is 0.191 e. The molecular formula is C16H27N5O. The highest BCUT2D eigenvalue weighted by Crippen LogP contribution is 1.98. The Kier molecular flexibility index (Phi) is 7.69. The van der Waals surface area contributed by atoms with Crippen molar-refractivity contribution < 1.29 is 4.74 Å². The molecule has 22 heavy (non-hydrogen) atoms. The van der Waals surface area contributed by atoms with Crippen LogP contribution >= 0.6 is 0 Å². The van der Waals surface area contributed by atoms with Crippen LogP contribution < -0.4 is 10.6 Å². The Morgan fingerprint density at radius 3 is 2.91 bits per heavy atom. The maximum absolute atomic E-state index is 5.36.